The summed E-state index contributed by atoms with van der Waals surface area (Å²) in [5, 5.41) is 10.4. The van der Waals surface area contributed by atoms with Crippen LogP contribution in [0.4, 0.5) is 0 Å². The molecule has 5 nitrogen and oxygen atoms in total. The summed E-state index contributed by atoms with van der Waals surface area (Å²) < 4.78 is 17.1. The van der Waals surface area contributed by atoms with Crippen molar-refractivity contribution < 1.29 is 24.1 Å². The standard InChI is InChI=1S/C18H15BrO5/c1-2-22-18(21)16-10-12(20)17-14(8-5-9-15(17)24-16)23-13-7-4-3-6-11(13)19/h3-10,12,20H,2H2,1H3. The molecular weight excluding hydrogens is 376 g/mol. The number of ether oxygens (including phenoxy) is 3. The molecule has 0 amide bonds. The minimum atomic E-state index is -1.04. The summed E-state index contributed by atoms with van der Waals surface area (Å²) in [5.74, 6) is 0.774. The second-order valence-electron chi connectivity index (χ2n) is 5.00. The van der Waals surface area contributed by atoms with Crippen LogP contribution in [-0.4, -0.2) is 17.7 Å². The number of rotatable bonds is 4. The maximum atomic E-state index is 11.8. The molecule has 3 rings (SSSR count). The number of aliphatic hydroxyl groups excluding tert-OH is 1. The Hall–Kier alpha value is -2.31. The zero-order chi connectivity index (χ0) is 17.1. The van der Waals surface area contributed by atoms with Gasteiger partial charge in [-0.15, -0.1) is 0 Å². The summed E-state index contributed by atoms with van der Waals surface area (Å²) in [6.07, 6.45) is 0.277. The van der Waals surface area contributed by atoms with Crippen LogP contribution in [-0.2, 0) is 9.53 Å². The van der Waals surface area contributed by atoms with Gasteiger partial charge < -0.3 is 19.3 Å². The highest BCUT2D eigenvalue weighted by Crippen LogP contribution is 2.42. The third kappa shape index (κ3) is 3.29. The van der Waals surface area contributed by atoms with Gasteiger partial charge in [0, 0.05) is 0 Å². The lowest BCUT2D eigenvalue weighted by atomic mass is 10.0. The average molecular weight is 391 g/mol. The van der Waals surface area contributed by atoms with Gasteiger partial charge in [0.05, 0.1) is 16.6 Å². The Morgan fingerprint density at radius 2 is 1.96 bits per heavy atom. The number of halogens is 1. The number of aliphatic hydroxyl groups is 1. The van der Waals surface area contributed by atoms with E-state index in [-0.39, 0.29) is 12.4 Å². The van der Waals surface area contributed by atoms with Gasteiger partial charge >= 0.3 is 5.97 Å². The molecule has 1 aliphatic rings. The lowest BCUT2D eigenvalue weighted by Crippen LogP contribution is -2.18. The number of carbonyl (C=O) groups excluding carboxylic acids is 1. The van der Waals surface area contributed by atoms with Crippen LogP contribution in [0.2, 0.25) is 0 Å². The van der Waals surface area contributed by atoms with E-state index in [1.54, 1.807) is 31.2 Å². The van der Waals surface area contributed by atoms with Crippen LogP contribution in [0.1, 0.15) is 18.6 Å². The molecule has 0 aliphatic carbocycles. The molecule has 0 fully saturated rings. The molecule has 1 atom stereocenters. The maximum Gasteiger partial charge on any atom is 0.374 e. The number of esters is 1. The summed E-state index contributed by atoms with van der Waals surface area (Å²) in [7, 11) is 0. The summed E-state index contributed by atoms with van der Waals surface area (Å²) in [6.45, 7) is 1.93. The highest BCUT2D eigenvalue weighted by Gasteiger charge is 2.28. The molecule has 24 heavy (non-hydrogen) atoms. The highest BCUT2D eigenvalue weighted by atomic mass is 79.9. The molecule has 0 spiro atoms. The minimum absolute atomic E-state index is 0.0325. The van der Waals surface area contributed by atoms with Crippen molar-refractivity contribution in [2.24, 2.45) is 0 Å². The topological polar surface area (TPSA) is 65.0 Å². The molecule has 1 heterocycles. The zero-order valence-electron chi connectivity index (χ0n) is 12.9. The quantitative estimate of drug-likeness (QED) is 0.795. The van der Waals surface area contributed by atoms with Crippen LogP contribution in [0, 0.1) is 0 Å². The van der Waals surface area contributed by atoms with Crippen molar-refractivity contribution in [1.82, 2.24) is 0 Å². The number of para-hydroxylation sites is 1. The van der Waals surface area contributed by atoms with E-state index in [1.165, 1.54) is 6.08 Å². The largest absolute Gasteiger partial charge is 0.460 e. The van der Waals surface area contributed by atoms with Gasteiger partial charge in [-0.2, -0.15) is 0 Å². The fourth-order valence-electron chi connectivity index (χ4n) is 2.33. The molecule has 0 bridgehead atoms. The third-order valence-corrected chi connectivity index (χ3v) is 4.04. The van der Waals surface area contributed by atoms with E-state index in [0.717, 1.165) is 4.47 Å². The number of fused-ring (bicyclic) bond motifs is 1. The summed E-state index contributed by atoms with van der Waals surface area (Å²) in [5.41, 5.74) is 0.460. The molecule has 2 aromatic rings. The summed E-state index contributed by atoms with van der Waals surface area (Å²) >= 11 is 3.42. The van der Waals surface area contributed by atoms with Crippen molar-refractivity contribution in [3.05, 3.63) is 64.3 Å². The predicted octanol–water partition coefficient (Wildman–Crippen LogP) is 4.11. The van der Waals surface area contributed by atoms with E-state index in [9.17, 15) is 9.90 Å². The van der Waals surface area contributed by atoms with Crippen LogP contribution < -0.4 is 9.47 Å². The Labute approximate surface area is 147 Å². The first kappa shape index (κ1) is 16.5. The van der Waals surface area contributed by atoms with E-state index in [0.29, 0.717) is 22.8 Å². The van der Waals surface area contributed by atoms with Crippen LogP contribution >= 0.6 is 15.9 Å². The van der Waals surface area contributed by atoms with E-state index in [2.05, 4.69) is 15.9 Å². The Morgan fingerprint density at radius 3 is 2.71 bits per heavy atom. The van der Waals surface area contributed by atoms with Crippen molar-refractivity contribution in [1.29, 1.82) is 0 Å². The Morgan fingerprint density at radius 1 is 1.21 bits per heavy atom. The van der Waals surface area contributed by atoms with Gasteiger partial charge in [0.25, 0.3) is 0 Å². The van der Waals surface area contributed by atoms with Crippen LogP contribution in [0.3, 0.4) is 0 Å². The smallest absolute Gasteiger partial charge is 0.374 e. The average Bonchev–Trinajstić information content (AvgIpc) is 2.57. The molecule has 1 N–H and O–H groups in total. The number of hydrogen-bond acceptors (Lipinski definition) is 5. The van der Waals surface area contributed by atoms with Gasteiger partial charge in [-0.05, 0) is 53.2 Å². The Balaban J connectivity index is 1.93. The fourth-order valence-corrected chi connectivity index (χ4v) is 2.70. The maximum absolute atomic E-state index is 11.8. The van der Waals surface area contributed by atoms with E-state index in [4.69, 9.17) is 14.2 Å². The predicted molar refractivity (Wildman–Crippen MR) is 91.0 cm³/mol. The van der Waals surface area contributed by atoms with Crippen molar-refractivity contribution in [2.45, 2.75) is 13.0 Å². The van der Waals surface area contributed by atoms with Crippen molar-refractivity contribution in [3.63, 3.8) is 0 Å². The minimum Gasteiger partial charge on any atom is -0.460 e. The van der Waals surface area contributed by atoms with Crippen molar-refractivity contribution in [2.75, 3.05) is 6.61 Å². The molecule has 0 radical (unpaired) electrons. The second kappa shape index (κ2) is 7.07. The number of carbonyl (C=O) groups is 1. The molecule has 124 valence electrons. The van der Waals surface area contributed by atoms with E-state index in [1.807, 2.05) is 18.2 Å². The van der Waals surface area contributed by atoms with Gasteiger partial charge in [0.15, 0.2) is 0 Å². The highest BCUT2D eigenvalue weighted by molar-refractivity contribution is 9.10. The first-order chi connectivity index (χ1) is 11.6. The van der Waals surface area contributed by atoms with Crippen LogP contribution in [0.5, 0.6) is 17.2 Å². The first-order valence-electron chi connectivity index (χ1n) is 7.40. The van der Waals surface area contributed by atoms with E-state index >= 15 is 0 Å². The van der Waals surface area contributed by atoms with Gasteiger partial charge in [0.2, 0.25) is 5.76 Å². The van der Waals surface area contributed by atoms with Gasteiger partial charge in [-0.1, -0.05) is 18.2 Å². The number of benzene rings is 2. The molecule has 6 heteroatoms. The zero-order valence-corrected chi connectivity index (χ0v) is 14.4. The van der Waals surface area contributed by atoms with Gasteiger partial charge in [-0.3, -0.25) is 0 Å². The molecule has 0 aromatic heterocycles. The van der Waals surface area contributed by atoms with Crippen LogP contribution in [0.25, 0.3) is 0 Å². The SMILES string of the molecule is CCOC(=O)C1=CC(O)c2c(cccc2Oc2ccccc2Br)O1. The fraction of sp³-hybridized carbons (Fsp3) is 0.167. The van der Waals surface area contributed by atoms with Crippen molar-refractivity contribution in [3.8, 4) is 17.2 Å². The molecule has 1 unspecified atom stereocenters. The Bertz CT molecular complexity index is 800. The first-order valence-corrected chi connectivity index (χ1v) is 8.19. The second-order valence-corrected chi connectivity index (χ2v) is 5.85. The van der Waals surface area contributed by atoms with Gasteiger partial charge in [0.1, 0.15) is 23.4 Å². The summed E-state index contributed by atoms with van der Waals surface area (Å²) in [4.78, 5) is 11.8. The molecular formula is C18H15BrO5. The molecule has 0 saturated heterocycles. The lowest BCUT2D eigenvalue weighted by molar-refractivity contribution is -0.141. The molecule has 1 aliphatic heterocycles. The number of hydrogen-bond donors (Lipinski definition) is 1. The monoisotopic (exact) mass is 390 g/mol. The Kier molecular flexibility index (Phi) is 4.87. The van der Waals surface area contributed by atoms with Crippen LogP contribution in [0.15, 0.2) is 58.8 Å². The van der Waals surface area contributed by atoms with Gasteiger partial charge in [-0.25, -0.2) is 4.79 Å². The van der Waals surface area contributed by atoms with Crippen molar-refractivity contribution >= 4 is 21.9 Å². The third-order valence-electron chi connectivity index (χ3n) is 3.38. The lowest BCUT2D eigenvalue weighted by Gasteiger charge is -2.23. The molecule has 2 aromatic carbocycles. The summed E-state index contributed by atoms with van der Waals surface area (Å²) in [6, 6.07) is 12.5. The molecule has 0 saturated carbocycles. The van der Waals surface area contributed by atoms with E-state index < -0.39 is 12.1 Å². The normalized spacial score (nSPS) is 15.8.